The molecule has 0 saturated carbocycles. The van der Waals surface area contributed by atoms with Crippen LogP contribution in [0.5, 0.6) is 0 Å². The van der Waals surface area contributed by atoms with Gasteiger partial charge in [-0.15, -0.1) is 4.83 Å². The van der Waals surface area contributed by atoms with Gasteiger partial charge < -0.3 is 0 Å². The van der Waals surface area contributed by atoms with Crippen LogP contribution in [0.25, 0.3) is 0 Å². The van der Waals surface area contributed by atoms with Gasteiger partial charge in [0.1, 0.15) is 5.82 Å². The van der Waals surface area contributed by atoms with Gasteiger partial charge in [-0.2, -0.15) is 0 Å². The van der Waals surface area contributed by atoms with Crippen molar-refractivity contribution < 1.29 is 17.6 Å². The summed E-state index contributed by atoms with van der Waals surface area (Å²) in [6.45, 7) is 0. The van der Waals surface area contributed by atoms with E-state index in [0.717, 1.165) is 18.2 Å². The molecule has 8 heteroatoms. The van der Waals surface area contributed by atoms with Crippen LogP contribution in [0.3, 0.4) is 0 Å². The molecule has 0 aliphatic rings. The molecule has 110 valence electrons. The predicted octanol–water partition coefficient (Wildman–Crippen LogP) is 2.10. The summed E-state index contributed by atoms with van der Waals surface area (Å²) in [7, 11) is -3.88. The smallest absolute Gasteiger partial charge is 0.267 e. The van der Waals surface area contributed by atoms with Crippen LogP contribution in [-0.4, -0.2) is 14.3 Å². The minimum absolute atomic E-state index is 0.00416. The summed E-state index contributed by atoms with van der Waals surface area (Å²) in [6.07, 6.45) is 0. The number of carbonyl (C=O) groups excluding carboxylic acids is 1. The fourth-order valence-electron chi connectivity index (χ4n) is 1.51. The predicted molar refractivity (Wildman–Crippen MR) is 75.6 cm³/mol. The van der Waals surface area contributed by atoms with Gasteiger partial charge in [-0.25, -0.2) is 12.8 Å². The van der Waals surface area contributed by atoms with Crippen LogP contribution < -0.4 is 10.3 Å². The summed E-state index contributed by atoms with van der Waals surface area (Å²) in [5.41, 5.74) is 1.97. The van der Waals surface area contributed by atoms with E-state index in [2.05, 4.69) is 0 Å². The van der Waals surface area contributed by atoms with E-state index in [1.807, 2.05) is 10.3 Å². The van der Waals surface area contributed by atoms with Gasteiger partial charge in [-0.05, 0) is 30.3 Å². The van der Waals surface area contributed by atoms with Crippen LogP contribution in [0.4, 0.5) is 4.39 Å². The van der Waals surface area contributed by atoms with Crippen LogP contribution in [-0.2, 0) is 10.0 Å². The molecule has 0 aromatic heterocycles. The molecule has 2 aromatic carbocycles. The number of hydrazine groups is 1. The van der Waals surface area contributed by atoms with Crippen molar-refractivity contribution in [2.24, 2.45) is 0 Å². The number of hydrogen-bond acceptors (Lipinski definition) is 3. The molecule has 0 radical (unpaired) electrons. The zero-order valence-electron chi connectivity index (χ0n) is 10.5. The van der Waals surface area contributed by atoms with Gasteiger partial charge in [0, 0.05) is 0 Å². The monoisotopic (exact) mass is 328 g/mol. The van der Waals surface area contributed by atoms with Crippen molar-refractivity contribution in [2.75, 3.05) is 0 Å². The molecule has 0 spiro atoms. The maximum Gasteiger partial charge on any atom is 0.267 e. The Bertz CT molecular complexity index is 766. The highest BCUT2D eigenvalue weighted by atomic mass is 35.5. The SMILES string of the molecule is O=C(NNS(=O)(=O)c1ccccc1)c1ccc(F)cc1Cl. The van der Waals surface area contributed by atoms with E-state index in [0.29, 0.717) is 0 Å². The van der Waals surface area contributed by atoms with E-state index in [-0.39, 0.29) is 15.5 Å². The van der Waals surface area contributed by atoms with Crippen molar-refractivity contribution >= 4 is 27.5 Å². The first-order chi connectivity index (χ1) is 9.90. The minimum atomic E-state index is -3.88. The maximum absolute atomic E-state index is 12.9. The third kappa shape index (κ3) is 3.78. The molecule has 2 aromatic rings. The molecular weight excluding hydrogens is 319 g/mol. The summed E-state index contributed by atoms with van der Waals surface area (Å²) < 4.78 is 36.7. The van der Waals surface area contributed by atoms with E-state index in [4.69, 9.17) is 11.6 Å². The van der Waals surface area contributed by atoms with Crippen molar-refractivity contribution in [2.45, 2.75) is 4.90 Å². The van der Waals surface area contributed by atoms with Crippen LogP contribution in [0, 0.1) is 5.82 Å². The maximum atomic E-state index is 12.9. The van der Waals surface area contributed by atoms with Crippen LogP contribution in [0.1, 0.15) is 10.4 Å². The van der Waals surface area contributed by atoms with E-state index in [9.17, 15) is 17.6 Å². The fraction of sp³-hybridized carbons (Fsp3) is 0. The number of carbonyl (C=O) groups is 1. The molecule has 0 aliphatic carbocycles. The summed E-state index contributed by atoms with van der Waals surface area (Å²) in [5, 5.41) is -0.119. The first kappa shape index (κ1) is 15.4. The zero-order chi connectivity index (χ0) is 15.5. The second-order valence-corrected chi connectivity index (χ2v) is 6.09. The normalized spacial score (nSPS) is 11.1. The van der Waals surface area contributed by atoms with Crippen molar-refractivity contribution in [3.63, 3.8) is 0 Å². The summed E-state index contributed by atoms with van der Waals surface area (Å²) >= 11 is 5.71. The Morgan fingerprint density at radius 1 is 1.10 bits per heavy atom. The lowest BCUT2D eigenvalue weighted by Gasteiger charge is -2.09. The van der Waals surface area contributed by atoms with Crippen molar-refractivity contribution in [3.05, 3.63) is 64.9 Å². The quantitative estimate of drug-likeness (QED) is 0.844. The lowest BCUT2D eigenvalue weighted by atomic mass is 10.2. The molecule has 2 N–H and O–H groups in total. The molecule has 1 amide bonds. The molecule has 0 aliphatic heterocycles. The first-order valence-corrected chi connectivity index (χ1v) is 7.58. The Labute approximate surface area is 125 Å². The molecule has 21 heavy (non-hydrogen) atoms. The highest BCUT2D eigenvalue weighted by molar-refractivity contribution is 7.89. The average molecular weight is 329 g/mol. The second kappa shape index (κ2) is 6.21. The number of halogens is 2. The van der Waals surface area contributed by atoms with Gasteiger partial charge in [0.2, 0.25) is 0 Å². The summed E-state index contributed by atoms with van der Waals surface area (Å²) in [5.74, 6) is -1.39. The van der Waals surface area contributed by atoms with Crippen LogP contribution >= 0.6 is 11.6 Å². The van der Waals surface area contributed by atoms with Crippen molar-refractivity contribution in [3.8, 4) is 0 Å². The van der Waals surface area contributed by atoms with Gasteiger partial charge in [0.15, 0.2) is 0 Å². The average Bonchev–Trinajstić information content (AvgIpc) is 2.46. The van der Waals surface area contributed by atoms with E-state index in [1.54, 1.807) is 18.2 Å². The summed E-state index contributed by atoms with van der Waals surface area (Å²) in [4.78, 5) is 13.7. The number of rotatable bonds is 4. The minimum Gasteiger partial charge on any atom is -0.273 e. The molecule has 0 bridgehead atoms. The molecular formula is C13H10ClFN2O3S. The van der Waals surface area contributed by atoms with Crippen LogP contribution in [0.15, 0.2) is 53.4 Å². The van der Waals surface area contributed by atoms with Crippen molar-refractivity contribution in [1.82, 2.24) is 10.3 Å². The Hall–Kier alpha value is -1.96. The molecule has 0 saturated heterocycles. The lowest BCUT2D eigenvalue weighted by molar-refractivity contribution is 0.0945. The number of nitrogens with one attached hydrogen (secondary N) is 2. The highest BCUT2D eigenvalue weighted by Crippen LogP contribution is 2.17. The van der Waals surface area contributed by atoms with Crippen LogP contribution in [0.2, 0.25) is 5.02 Å². The van der Waals surface area contributed by atoms with Gasteiger partial charge in [-0.1, -0.05) is 29.8 Å². The van der Waals surface area contributed by atoms with Gasteiger partial charge >= 0.3 is 0 Å². The molecule has 0 fully saturated rings. The third-order valence-corrected chi connectivity index (χ3v) is 4.10. The highest BCUT2D eigenvalue weighted by Gasteiger charge is 2.16. The van der Waals surface area contributed by atoms with Gasteiger partial charge in [-0.3, -0.25) is 10.2 Å². The number of hydrogen-bond donors (Lipinski definition) is 2. The lowest BCUT2D eigenvalue weighted by Crippen LogP contribution is -2.41. The fourth-order valence-corrected chi connectivity index (χ4v) is 2.63. The molecule has 0 atom stereocenters. The Morgan fingerprint density at radius 3 is 2.38 bits per heavy atom. The van der Waals surface area contributed by atoms with E-state index in [1.165, 1.54) is 12.1 Å². The Kier molecular flexibility index (Phi) is 4.56. The zero-order valence-corrected chi connectivity index (χ0v) is 12.1. The Balaban J connectivity index is 2.11. The molecule has 2 rings (SSSR count). The largest absolute Gasteiger partial charge is 0.273 e. The standard InChI is InChI=1S/C13H10ClFN2O3S/c14-12-8-9(15)6-7-11(12)13(18)16-17-21(19,20)10-4-2-1-3-5-10/h1-8,17H,(H,16,18). The third-order valence-electron chi connectivity index (χ3n) is 2.53. The molecule has 0 heterocycles. The van der Waals surface area contributed by atoms with E-state index >= 15 is 0 Å². The topological polar surface area (TPSA) is 75.3 Å². The number of amides is 1. The summed E-state index contributed by atoms with van der Waals surface area (Å²) in [6, 6.07) is 10.7. The van der Waals surface area contributed by atoms with E-state index < -0.39 is 21.7 Å². The Morgan fingerprint density at radius 2 is 1.76 bits per heavy atom. The second-order valence-electron chi connectivity index (χ2n) is 4.00. The van der Waals surface area contributed by atoms with Gasteiger partial charge in [0.05, 0.1) is 15.5 Å². The van der Waals surface area contributed by atoms with Crippen molar-refractivity contribution in [1.29, 1.82) is 0 Å². The van der Waals surface area contributed by atoms with Gasteiger partial charge in [0.25, 0.3) is 15.9 Å². The molecule has 5 nitrogen and oxygen atoms in total. The number of sulfonamides is 1. The number of benzene rings is 2. The first-order valence-electron chi connectivity index (χ1n) is 5.72. The molecule has 0 unspecified atom stereocenters.